The van der Waals surface area contributed by atoms with Gasteiger partial charge in [-0.25, -0.2) is 0 Å². The Morgan fingerprint density at radius 1 is 1.21 bits per heavy atom. The highest BCUT2D eigenvalue weighted by atomic mass is 16.5. The Balaban J connectivity index is 2.89. The first kappa shape index (κ1) is 10.9. The van der Waals surface area contributed by atoms with Crippen molar-refractivity contribution in [1.82, 2.24) is 0 Å². The smallest absolute Gasteiger partial charge is 0.121 e. The minimum absolute atomic E-state index is 0.0388. The van der Waals surface area contributed by atoms with Crippen molar-refractivity contribution in [3.8, 4) is 5.75 Å². The fraction of sp³-hybridized carbons (Fsp3) is 0.455. The van der Waals surface area contributed by atoms with Gasteiger partial charge >= 0.3 is 0 Å². The minimum Gasteiger partial charge on any atom is -0.491 e. The maximum absolute atomic E-state index is 5.84. The summed E-state index contributed by atoms with van der Waals surface area (Å²) in [4.78, 5) is 0. The second-order valence-corrected chi connectivity index (χ2v) is 3.75. The van der Waals surface area contributed by atoms with E-state index in [1.165, 1.54) is 0 Å². The van der Waals surface area contributed by atoms with E-state index in [9.17, 15) is 0 Å². The number of benzene rings is 1. The summed E-state index contributed by atoms with van der Waals surface area (Å²) in [7, 11) is 0. The maximum Gasteiger partial charge on any atom is 0.121 e. The molecule has 0 saturated carbocycles. The van der Waals surface area contributed by atoms with Crippen molar-refractivity contribution in [1.29, 1.82) is 0 Å². The zero-order valence-electron chi connectivity index (χ0n) is 8.95. The van der Waals surface area contributed by atoms with Crippen molar-refractivity contribution in [3.05, 3.63) is 23.8 Å². The molecule has 3 heteroatoms. The second kappa shape index (κ2) is 4.33. The van der Waals surface area contributed by atoms with Gasteiger partial charge in [-0.05, 0) is 32.4 Å². The van der Waals surface area contributed by atoms with Gasteiger partial charge in [-0.2, -0.15) is 0 Å². The lowest BCUT2D eigenvalue weighted by molar-refractivity contribution is 0.242. The van der Waals surface area contributed by atoms with Crippen LogP contribution in [0, 0.1) is 0 Å². The third kappa shape index (κ3) is 2.64. The monoisotopic (exact) mass is 194 g/mol. The lowest BCUT2D eigenvalue weighted by Crippen LogP contribution is -2.10. The number of anilines is 1. The van der Waals surface area contributed by atoms with Crippen LogP contribution < -0.4 is 16.2 Å². The molecule has 1 aromatic carbocycles. The van der Waals surface area contributed by atoms with Crippen molar-refractivity contribution < 1.29 is 4.74 Å². The topological polar surface area (TPSA) is 61.3 Å². The summed E-state index contributed by atoms with van der Waals surface area (Å²) in [6.45, 7) is 5.87. The lowest BCUT2D eigenvalue weighted by atomic mass is 10.1. The number of hydrogen-bond acceptors (Lipinski definition) is 3. The van der Waals surface area contributed by atoms with Crippen LogP contribution in [0.4, 0.5) is 5.69 Å². The van der Waals surface area contributed by atoms with Crippen molar-refractivity contribution in [2.75, 3.05) is 5.73 Å². The predicted molar refractivity (Wildman–Crippen MR) is 59.2 cm³/mol. The summed E-state index contributed by atoms with van der Waals surface area (Å²) in [6, 6.07) is 5.59. The molecule has 1 atom stereocenters. The SMILES string of the molecule is CC(C)Oc1ccc([C@H](C)N)c(N)c1. The highest BCUT2D eigenvalue weighted by Gasteiger charge is 2.06. The standard InChI is InChI=1S/C11H18N2O/c1-7(2)14-9-4-5-10(8(3)12)11(13)6-9/h4-8H,12-13H2,1-3H3/t8-/m0/s1. The van der Waals surface area contributed by atoms with E-state index < -0.39 is 0 Å². The fourth-order valence-electron chi connectivity index (χ4n) is 1.31. The van der Waals surface area contributed by atoms with E-state index in [1.807, 2.05) is 39.0 Å². The molecule has 0 fully saturated rings. The number of nitrogen functional groups attached to an aromatic ring is 1. The average Bonchev–Trinajstić information content (AvgIpc) is 2.01. The number of rotatable bonds is 3. The minimum atomic E-state index is -0.0388. The van der Waals surface area contributed by atoms with Crippen LogP contribution in [0.15, 0.2) is 18.2 Å². The highest BCUT2D eigenvalue weighted by Crippen LogP contribution is 2.24. The van der Waals surface area contributed by atoms with Gasteiger partial charge in [0.15, 0.2) is 0 Å². The quantitative estimate of drug-likeness (QED) is 0.724. The van der Waals surface area contributed by atoms with Crippen LogP contribution in [0.3, 0.4) is 0 Å². The van der Waals surface area contributed by atoms with E-state index in [-0.39, 0.29) is 12.1 Å². The van der Waals surface area contributed by atoms with E-state index >= 15 is 0 Å². The van der Waals surface area contributed by atoms with Gasteiger partial charge in [-0.3, -0.25) is 0 Å². The third-order valence-corrected chi connectivity index (χ3v) is 1.92. The van der Waals surface area contributed by atoms with E-state index in [1.54, 1.807) is 0 Å². The number of hydrogen-bond donors (Lipinski definition) is 2. The van der Waals surface area contributed by atoms with Crippen molar-refractivity contribution >= 4 is 5.69 Å². The van der Waals surface area contributed by atoms with E-state index in [0.717, 1.165) is 11.3 Å². The van der Waals surface area contributed by atoms with Gasteiger partial charge < -0.3 is 16.2 Å². The zero-order chi connectivity index (χ0) is 10.7. The fourth-order valence-corrected chi connectivity index (χ4v) is 1.31. The Morgan fingerprint density at radius 3 is 2.29 bits per heavy atom. The Morgan fingerprint density at radius 2 is 1.86 bits per heavy atom. The van der Waals surface area contributed by atoms with Gasteiger partial charge in [-0.15, -0.1) is 0 Å². The molecule has 0 aromatic heterocycles. The first-order chi connectivity index (χ1) is 6.50. The largest absolute Gasteiger partial charge is 0.491 e. The van der Waals surface area contributed by atoms with Gasteiger partial charge in [0.2, 0.25) is 0 Å². The van der Waals surface area contributed by atoms with E-state index in [0.29, 0.717) is 5.69 Å². The molecule has 0 spiro atoms. The molecule has 0 unspecified atom stereocenters. The average molecular weight is 194 g/mol. The first-order valence-electron chi connectivity index (χ1n) is 4.82. The Kier molecular flexibility index (Phi) is 3.36. The molecule has 0 radical (unpaired) electrons. The molecule has 1 aromatic rings. The molecule has 3 nitrogen and oxygen atoms in total. The van der Waals surface area contributed by atoms with Crippen LogP contribution in [0.25, 0.3) is 0 Å². The zero-order valence-corrected chi connectivity index (χ0v) is 8.95. The highest BCUT2D eigenvalue weighted by molar-refractivity contribution is 5.52. The summed E-state index contributed by atoms with van der Waals surface area (Å²) >= 11 is 0. The molecule has 78 valence electrons. The Labute approximate surface area is 85.0 Å². The summed E-state index contributed by atoms with van der Waals surface area (Å²) in [5.41, 5.74) is 13.2. The van der Waals surface area contributed by atoms with Crippen LogP contribution in [-0.2, 0) is 0 Å². The van der Waals surface area contributed by atoms with Gasteiger partial charge in [-0.1, -0.05) is 6.07 Å². The molecule has 1 rings (SSSR count). The summed E-state index contributed by atoms with van der Waals surface area (Å²) in [5, 5.41) is 0. The molecular formula is C11H18N2O. The molecule has 0 saturated heterocycles. The molecule has 0 aliphatic carbocycles. The van der Waals surface area contributed by atoms with Gasteiger partial charge in [0, 0.05) is 17.8 Å². The van der Waals surface area contributed by atoms with Crippen molar-refractivity contribution in [3.63, 3.8) is 0 Å². The molecule has 0 heterocycles. The lowest BCUT2D eigenvalue weighted by Gasteiger charge is -2.13. The molecule has 14 heavy (non-hydrogen) atoms. The molecular weight excluding hydrogens is 176 g/mol. The number of ether oxygens (including phenoxy) is 1. The molecule has 0 aliphatic heterocycles. The van der Waals surface area contributed by atoms with E-state index in [4.69, 9.17) is 16.2 Å². The van der Waals surface area contributed by atoms with Crippen LogP contribution in [0.1, 0.15) is 32.4 Å². The Hall–Kier alpha value is -1.22. The summed E-state index contributed by atoms with van der Waals surface area (Å²) < 4.78 is 5.51. The summed E-state index contributed by atoms with van der Waals surface area (Å²) in [5.74, 6) is 0.793. The molecule has 0 aliphatic rings. The molecule has 4 N–H and O–H groups in total. The van der Waals surface area contributed by atoms with Crippen molar-refractivity contribution in [2.45, 2.75) is 32.9 Å². The van der Waals surface area contributed by atoms with Crippen LogP contribution in [0.2, 0.25) is 0 Å². The van der Waals surface area contributed by atoms with Crippen LogP contribution in [0.5, 0.6) is 5.75 Å². The van der Waals surface area contributed by atoms with Crippen molar-refractivity contribution in [2.24, 2.45) is 5.73 Å². The first-order valence-corrected chi connectivity index (χ1v) is 4.82. The van der Waals surface area contributed by atoms with Gasteiger partial charge in [0.25, 0.3) is 0 Å². The summed E-state index contributed by atoms with van der Waals surface area (Å²) in [6.07, 6.45) is 0.163. The number of nitrogens with two attached hydrogens (primary N) is 2. The second-order valence-electron chi connectivity index (χ2n) is 3.75. The maximum atomic E-state index is 5.84. The van der Waals surface area contributed by atoms with E-state index in [2.05, 4.69) is 0 Å². The normalized spacial score (nSPS) is 12.9. The van der Waals surface area contributed by atoms with Crippen LogP contribution in [-0.4, -0.2) is 6.10 Å². The molecule has 0 amide bonds. The van der Waals surface area contributed by atoms with Crippen LogP contribution >= 0.6 is 0 Å². The Bertz CT molecular complexity index is 308. The van der Waals surface area contributed by atoms with Gasteiger partial charge in [0.1, 0.15) is 5.75 Å². The van der Waals surface area contributed by atoms with Gasteiger partial charge in [0.05, 0.1) is 6.10 Å². The predicted octanol–water partition coefficient (Wildman–Crippen LogP) is 2.08. The third-order valence-electron chi connectivity index (χ3n) is 1.92. The molecule has 0 bridgehead atoms.